The molecule has 1 saturated heterocycles. The predicted molar refractivity (Wildman–Crippen MR) is 47.5 cm³/mol. The molecule has 74 valence electrons. The molecule has 5 N–H and O–H groups in total. The van der Waals surface area contributed by atoms with Crippen LogP contribution < -0.4 is 16.8 Å². The highest BCUT2D eigenvalue weighted by Gasteiger charge is 2.34. The van der Waals surface area contributed by atoms with Gasteiger partial charge in [-0.1, -0.05) is 0 Å². The molecule has 0 radical (unpaired) electrons. The third-order valence-electron chi connectivity index (χ3n) is 2.40. The number of carbonyl (C=O) groups is 2. The summed E-state index contributed by atoms with van der Waals surface area (Å²) in [7, 11) is 0. The summed E-state index contributed by atoms with van der Waals surface area (Å²) in [6.07, 6.45) is 1.06. The second kappa shape index (κ2) is 3.33. The van der Waals surface area contributed by atoms with Crippen LogP contribution in [0, 0.1) is 5.92 Å². The first-order chi connectivity index (χ1) is 5.93. The largest absolute Gasteiger partial charge is 0.368 e. The van der Waals surface area contributed by atoms with E-state index < -0.39 is 11.4 Å². The van der Waals surface area contributed by atoms with Crippen LogP contribution >= 0.6 is 0 Å². The van der Waals surface area contributed by atoms with Crippen LogP contribution in [0.25, 0.3) is 0 Å². The first kappa shape index (κ1) is 9.98. The lowest BCUT2D eigenvalue weighted by Gasteiger charge is -2.22. The van der Waals surface area contributed by atoms with Gasteiger partial charge in [0.25, 0.3) is 0 Å². The van der Waals surface area contributed by atoms with Crippen molar-refractivity contribution in [1.82, 2.24) is 5.32 Å². The number of rotatable bonds is 3. The topological polar surface area (TPSA) is 98.2 Å². The van der Waals surface area contributed by atoms with Gasteiger partial charge < -0.3 is 16.8 Å². The molecule has 5 nitrogen and oxygen atoms in total. The van der Waals surface area contributed by atoms with Gasteiger partial charge in [0.1, 0.15) is 0 Å². The first-order valence-electron chi connectivity index (χ1n) is 4.30. The normalized spacial score (nSPS) is 26.6. The van der Waals surface area contributed by atoms with Crippen molar-refractivity contribution >= 4 is 11.8 Å². The minimum atomic E-state index is -1.08. The Bertz CT molecular complexity index is 238. The minimum Gasteiger partial charge on any atom is -0.368 e. The van der Waals surface area contributed by atoms with Gasteiger partial charge in [-0.25, -0.2) is 0 Å². The molecule has 1 aliphatic rings. The van der Waals surface area contributed by atoms with Crippen molar-refractivity contribution in [2.24, 2.45) is 17.4 Å². The van der Waals surface area contributed by atoms with Crippen molar-refractivity contribution in [2.45, 2.75) is 25.3 Å². The molecule has 1 rings (SSSR count). The maximum Gasteiger partial charge on any atom is 0.237 e. The molecule has 0 aromatic rings. The Morgan fingerprint density at radius 2 is 2.38 bits per heavy atom. The molecule has 0 aliphatic carbocycles. The summed E-state index contributed by atoms with van der Waals surface area (Å²) in [6.45, 7) is 2.22. The van der Waals surface area contributed by atoms with Crippen molar-refractivity contribution in [1.29, 1.82) is 0 Å². The molecule has 0 aromatic carbocycles. The Balaban J connectivity index is 2.57. The van der Waals surface area contributed by atoms with Crippen LogP contribution in [0.2, 0.25) is 0 Å². The summed E-state index contributed by atoms with van der Waals surface area (Å²) >= 11 is 0. The fourth-order valence-corrected chi connectivity index (χ4v) is 1.45. The quantitative estimate of drug-likeness (QED) is 0.510. The maximum absolute atomic E-state index is 11.2. The molecule has 13 heavy (non-hydrogen) atoms. The molecule has 1 heterocycles. The Hall–Kier alpha value is -1.10. The molecule has 5 heteroatoms. The zero-order valence-corrected chi connectivity index (χ0v) is 7.67. The van der Waals surface area contributed by atoms with Gasteiger partial charge in [-0.15, -0.1) is 0 Å². The smallest absolute Gasteiger partial charge is 0.237 e. The minimum absolute atomic E-state index is 0.0297. The van der Waals surface area contributed by atoms with Crippen molar-refractivity contribution in [3.63, 3.8) is 0 Å². The van der Waals surface area contributed by atoms with Crippen molar-refractivity contribution in [3.8, 4) is 0 Å². The Morgan fingerprint density at radius 1 is 1.77 bits per heavy atom. The average Bonchev–Trinajstić information content (AvgIpc) is 2.35. The van der Waals surface area contributed by atoms with E-state index in [0.29, 0.717) is 13.0 Å². The molecule has 2 atom stereocenters. The summed E-state index contributed by atoms with van der Waals surface area (Å²) in [4.78, 5) is 22.0. The predicted octanol–water partition coefficient (Wildman–Crippen LogP) is -1.28. The lowest BCUT2D eigenvalue weighted by molar-refractivity contribution is -0.125. The molecule has 0 saturated carbocycles. The zero-order chi connectivity index (χ0) is 10.1. The van der Waals surface area contributed by atoms with E-state index in [0.717, 1.165) is 6.42 Å². The third kappa shape index (κ3) is 2.18. The number of nitrogens with one attached hydrogen (secondary N) is 1. The van der Waals surface area contributed by atoms with E-state index in [1.54, 1.807) is 6.92 Å². The van der Waals surface area contributed by atoms with Crippen molar-refractivity contribution in [3.05, 3.63) is 0 Å². The highest BCUT2D eigenvalue weighted by Crippen LogP contribution is 2.20. The second-order valence-corrected chi connectivity index (χ2v) is 3.76. The van der Waals surface area contributed by atoms with Crippen LogP contribution in [0.4, 0.5) is 0 Å². The van der Waals surface area contributed by atoms with Gasteiger partial charge in [0, 0.05) is 12.5 Å². The second-order valence-electron chi connectivity index (χ2n) is 3.76. The zero-order valence-electron chi connectivity index (χ0n) is 7.67. The highest BCUT2D eigenvalue weighted by molar-refractivity contribution is 5.86. The van der Waals surface area contributed by atoms with E-state index >= 15 is 0 Å². The Labute approximate surface area is 76.8 Å². The van der Waals surface area contributed by atoms with Crippen LogP contribution in [-0.4, -0.2) is 23.9 Å². The van der Waals surface area contributed by atoms with Crippen LogP contribution in [0.3, 0.4) is 0 Å². The standard InChI is InChI=1S/C8H15N3O2/c1-8(10,7(9)13)4-5-2-3-11-6(5)12/h5H,2-4,10H2,1H3,(H2,9,13)(H,11,12)/t5-,8-/m0/s1. The third-order valence-corrected chi connectivity index (χ3v) is 2.40. The number of nitrogens with two attached hydrogens (primary N) is 2. The summed E-state index contributed by atoms with van der Waals surface area (Å²) in [5.41, 5.74) is 9.67. The molecular formula is C8H15N3O2. The van der Waals surface area contributed by atoms with Gasteiger partial charge in [-0.05, 0) is 19.8 Å². The van der Waals surface area contributed by atoms with Crippen LogP contribution in [-0.2, 0) is 9.59 Å². The maximum atomic E-state index is 11.2. The number of amides is 2. The van der Waals surface area contributed by atoms with Crippen LogP contribution in [0.5, 0.6) is 0 Å². The van der Waals surface area contributed by atoms with E-state index in [9.17, 15) is 9.59 Å². The van der Waals surface area contributed by atoms with Gasteiger partial charge >= 0.3 is 0 Å². The Morgan fingerprint density at radius 3 is 2.77 bits per heavy atom. The monoisotopic (exact) mass is 185 g/mol. The highest BCUT2D eigenvalue weighted by atomic mass is 16.2. The number of hydrogen-bond acceptors (Lipinski definition) is 3. The van der Waals surface area contributed by atoms with E-state index in [1.807, 2.05) is 0 Å². The molecule has 0 unspecified atom stereocenters. The number of hydrogen-bond donors (Lipinski definition) is 3. The summed E-state index contributed by atoms with van der Waals surface area (Å²) < 4.78 is 0. The average molecular weight is 185 g/mol. The van der Waals surface area contributed by atoms with Crippen molar-refractivity contribution < 1.29 is 9.59 Å². The molecule has 0 bridgehead atoms. The summed E-state index contributed by atoms with van der Waals surface area (Å²) in [5, 5.41) is 2.68. The molecule has 0 aromatic heterocycles. The van der Waals surface area contributed by atoms with Crippen LogP contribution in [0.1, 0.15) is 19.8 Å². The molecule has 2 amide bonds. The molecule has 0 spiro atoms. The first-order valence-corrected chi connectivity index (χ1v) is 4.30. The Kier molecular flexibility index (Phi) is 2.56. The van der Waals surface area contributed by atoms with E-state index in [4.69, 9.17) is 11.5 Å². The molecular weight excluding hydrogens is 170 g/mol. The SMILES string of the molecule is C[C@](N)(C[C@@H]1CCNC1=O)C(N)=O. The van der Waals surface area contributed by atoms with Gasteiger partial charge in [-0.2, -0.15) is 0 Å². The van der Waals surface area contributed by atoms with E-state index in [-0.39, 0.29) is 11.8 Å². The van der Waals surface area contributed by atoms with E-state index in [2.05, 4.69) is 5.32 Å². The summed E-state index contributed by atoms with van der Waals surface area (Å²) in [5.74, 6) is -0.757. The van der Waals surface area contributed by atoms with Crippen LogP contribution in [0.15, 0.2) is 0 Å². The van der Waals surface area contributed by atoms with Gasteiger partial charge in [-0.3, -0.25) is 9.59 Å². The lowest BCUT2D eigenvalue weighted by Crippen LogP contribution is -2.51. The van der Waals surface area contributed by atoms with Gasteiger partial charge in [0.05, 0.1) is 5.54 Å². The van der Waals surface area contributed by atoms with E-state index in [1.165, 1.54) is 0 Å². The molecule has 1 aliphatic heterocycles. The molecule has 1 fully saturated rings. The van der Waals surface area contributed by atoms with Crippen molar-refractivity contribution in [2.75, 3.05) is 6.54 Å². The van der Waals surface area contributed by atoms with Gasteiger partial charge in [0.2, 0.25) is 11.8 Å². The fourth-order valence-electron chi connectivity index (χ4n) is 1.45. The fraction of sp³-hybridized carbons (Fsp3) is 0.750. The lowest BCUT2D eigenvalue weighted by atomic mass is 9.88. The number of primary amides is 1. The summed E-state index contributed by atoms with van der Waals surface area (Å²) in [6, 6.07) is 0. The van der Waals surface area contributed by atoms with Gasteiger partial charge in [0.15, 0.2) is 0 Å². The number of carbonyl (C=O) groups excluding carboxylic acids is 2.